The van der Waals surface area contributed by atoms with Crippen LogP contribution in [0.25, 0.3) is 0 Å². The smallest absolute Gasteiger partial charge is 0.314 e. The predicted octanol–water partition coefficient (Wildman–Crippen LogP) is 1.75. The van der Waals surface area contributed by atoms with Gasteiger partial charge in [-0.25, -0.2) is 0 Å². The molecular weight excluding hydrogens is 200 g/mol. The molecule has 0 aliphatic heterocycles. The van der Waals surface area contributed by atoms with Gasteiger partial charge in [0, 0.05) is 6.92 Å². The Balaban J connectivity index is 0. The molecule has 0 aliphatic carbocycles. The van der Waals surface area contributed by atoms with E-state index in [1.54, 1.807) is 0 Å². The third-order valence-corrected chi connectivity index (χ3v) is 1.30. The molecule has 0 atom stereocenters. The van der Waals surface area contributed by atoms with Crippen molar-refractivity contribution in [1.29, 1.82) is 0 Å². The van der Waals surface area contributed by atoms with Crippen LogP contribution in [0.2, 0.25) is 0 Å². The zero-order chi connectivity index (χ0) is 12.3. The van der Waals surface area contributed by atoms with Crippen molar-refractivity contribution < 1.29 is 24.2 Å². The van der Waals surface area contributed by atoms with Crippen molar-refractivity contribution >= 4 is 17.9 Å². The van der Waals surface area contributed by atoms with Gasteiger partial charge in [0.05, 0.1) is 12.8 Å². The number of carboxylic acids is 1. The fraction of sp³-hybridized carbons (Fsp3) is 0.700. The molecule has 88 valence electrons. The van der Waals surface area contributed by atoms with Crippen LogP contribution in [0.1, 0.15) is 46.5 Å². The van der Waals surface area contributed by atoms with Gasteiger partial charge < -0.3 is 9.84 Å². The highest BCUT2D eigenvalue weighted by Crippen LogP contribution is 1.92. The summed E-state index contributed by atoms with van der Waals surface area (Å²) in [4.78, 5) is 30.5. The quantitative estimate of drug-likeness (QED) is 0.574. The standard InChI is InChI=1S/C6H8O5.C4H10/c1-4(7)11-6(10)3-2-5(8)9;1-3-4-2/h2-3H2,1H3,(H,8,9);3-4H2,1-2H3. The van der Waals surface area contributed by atoms with E-state index in [2.05, 4.69) is 18.6 Å². The van der Waals surface area contributed by atoms with E-state index >= 15 is 0 Å². The number of aliphatic carboxylic acids is 1. The summed E-state index contributed by atoms with van der Waals surface area (Å²) >= 11 is 0. The molecule has 0 aliphatic rings. The lowest BCUT2D eigenvalue weighted by Crippen LogP contribution is -2.10. The summed E-state index contributed by atoms with van der Waals surface area (Å²) in [5, 5.41) is 8.10. The molecule has 0 fully saturated rings. The van der Waals surface area contributed by atoms with Gasteiger partial charge in [0.2, 0.25) is 0 Å². The number of unbranched alkanes of at least 4 members (excludes halogenated alkanes) is 1. The van der Waals surface area contributed by atoms with Crippen molar-refractivity contribution in [3.8, 4) is 0 Å². The molecule has 0 aromatic carbocycles. The predicted molar refractivity (Wildman–Crippen MR) is 54.2 cm³/mol. The van der Waals surface area contributed by atoms with E-state index in [4.69, 9.17) is 5.11 Å². The average molecular weight is 218 g/mol. The van der Waals surface area contributed by atoms with Crippen LogP contribution < -0.4 is 0 Å². The normalized spacial score (nSPS) is 8.47. The van der Waals surface area contributed by atoms with E-state index in [-0.39, 0.29) is 12.8 Å². The van der Waals surface area contributed by atoms with Crippen LogP contribution >= 0.6 is 0 Å². The number of hydrogen-bond donors (Lipinski definition) is 1. The summed E-state index contributed by atoms with van der Waals surface area (Å²) in [7, 11) is 0. The average Bonchev–Trinajstić information content (AvgIpc) is 2.14. The molecule has 1 N–H and O–H groups in total. The number of carboxylic acid groups (broad SMARTS) is 1. The Hall–Kier alpha value is -1.39. The molecule has 0 aromatic rings. The number of esters is 2. The van der Waals surface area contributed by atoms with Gasteiger partial charge in [0.1, 0.15) is 0 Å². The molecule has 0 aromatic heterocycles. The van der Waals surface area contributed by atoms with Crippen molar-refractivity contribution in [2.24, 2.45) is 0 Å². The van der Waals surface area contributed by atoms with E-state index in [1.165, 1.54) is 12.8 Å². The first-order valence-electron chi connectivity index (χ1n) is 4.87. The van der Waals surface area contributed by atoms with Gasteiger partial charge in [-0.05, 0) is 0 Å². The zero-order valence-corrected chi connectivity index (χ0v) is 9.41. The Labute approximate surface area is 89.4 Å². The van der Waals surface area contributed by atoms with Crippen molar-refractivity contribution in [3.05, 3.63) is 0 Å². The number of ether oxygens (including phenoxy) is 1. The molecule has 0 unspecified atom stereocenters. The Morgan fingerprint density at radius 1 is 1.07 bits per heavy atom. The SMILES string of the molecule is CC(=O)OC(=O)CCC(=O)O.CCCC. The molecule has 15 heavy (non-hydrogen) atoms. The van der Waals surface area contributed by atoms with E-state index in [0.29, 0.717) is 0 Å². The molecule has 0 radical (unpaired) electrons. The fourth-order valence-electron chi connectivity index (χ4n) is 0.420. The minimum Gasteiger partial charge on any atom is -0.481 e. The zero-order valence-electron chi connectivity index (χ0n) is 9.41. The van der Waals surface area contributed by atoms with Crippen LogP contribution in [0.4, 0.5) is 0 Å². The highest BCUT2D eigenvalue weighted by molar-refractivity contribution is 5.85. The number of carbonyl (C=O) groups excluding carboxylic acids is 2. The van der Waals surface area contributed by atoms with Crippen LogP contribution in [-0.4, -0.2) is 23.0 Å². The molecule has 0 saturated carbocycles. The van der Waals surface area contributed by atoms with Crippen LogP contribution in [-0.2, 0) is 19.1 Å². The third-order valence-electron chi connectivity index (χ3n) is 1.30. The van der Waals surface area contributed by atoms with Gasteiger partial charge in [0.25, 0.3) is 0 Å². The number of carbonyl (C=O) groups is 3. The van der Waals surface area contributed by atoms with Crippen LogP contribution in [0.15, 0.2) is 0 Å². The Morgan fingerprint density at radius 2 is 1.53 bits per heavy atom. The summed E-state index contributed by atoms with van der Waals surface area (Å²) in [5.41, 5.74) is 0. The highest BCUT2D eigenvalue weighted by Gasteiger charge is 2.07. The first kappa shape index (κ1) is 16.1. The van der Waals surface area contributed by atoms with E-state index in [9.17, 15) is 14.4 Å². The lowest BCUT2D eigenvalue weighted by molar-refractivity contribution is -0.159. The largest absolute Gasteiger partial charge is 0.481 e. The molecule has 0 amide bonds. The second-order valence-electron chi connectivity index (χ2n) is 2.86. The van der Waals surface area contributed by atoms with E-state index < -0.39 is 17.9 Å². The highest BCUT2D eigenvalue weighted by atomic mass is 16.6. The minimum atomic E-state index is -1.09. The van der Waals surface area contributed by atoms with Gasteiger partial charge in [-0.1, -0.05) is 26.7 Å². The monoisotopic (exact) mass is 218 g/mol. The van der Waals surface area contributed by atoms with Crippen LogP contribution in [0.3, 0.4) is 0 Å². The maximum Gasteiger partial charge on any atom is 0.314 e. The fourth-order valence-corrected chi connectivity index (χ4v) is 0.420. The molecular formula is C10H18O5. The second-order valence-corrected chi connectivity index (χ2v) is 2.86. The van der Waals surface area contributed by atoms with Crippen molar-refractivity contribution in [2.75, 3.05) is 0 Å². The van der Waals surface area contributed by atoms with Gasteiger partial charge in [-0.2, -0.15) is 0 Å². The van der Waals surface area contributed by atoms with Gasteiger partial charge in [-0.3, -0.25) is 14.4 Å². The Bertz CT molecular complexity index is 208. The summed E-state index contributed by atoms with van der Waals surface area (Å²) in [6.07, 6.45) is 2.06. The summed E-state index contributed by atoms with van der Waals surface area (Å²) in [6.45, 7) is 5.44. The Morgan fingerprint density at radius 3 is 1.80 bits per heavy atom. The maximum absolute atomic E-state index is 10.5. The summed E-state index contributed by atoms with van der Waals surface area (Å²) in [6, 6.07) is 0. The topological polar surface area (TPSA) is 80.7 Å². The number of rotatable bonds is 4. The first-order valence-corrected chi connectivity index (χ1v) is 4.87. The lowest BCUT2D eigenvalue weighted by atomic mass is 10.3. The molecule has 5 nitrogen and oxygen atoms in total. The second kappa shape index (κ2) is 10.7. The van der Waals surface area contributed by atoms with Gasteiger partial charge >= 0.3 is 17.9 Å². The van der Waals surface area contributed by atoms with Crippen molar-refractivity contribution in [3.63, 3.8) is 0 Å². The van der Waals surface area contributed by atoms with E-state index in [0.717, 1.165) is 6.92 Å². The molecule has 0 saturated heterocycles. The van der Waals surface area contributed by atoms with Crippen molar-refractivity contribution in [2.45, 2.75) is 46.5 Å². The molecule has 5 heteroatoms. The Kier molecular flexibility index (Phi) is 11.4. The minimum absolute atomic E-state index is 0.269. The maximum atomic E-state index is 10.5. The third kappa shape index (κ3) is 19.1. The first-order chi connectivity index (χ1) is 6.93. The van der Waals surface area contributed by atoms with Gasteiger partial charge in [-0.15, -0.1) is 0 Å². The van der Waals surface area contributed by atoms with Crippen LogP contribution in [0, 0.1) is 0 Å². The van der Waals surface area contributed by atoms with Crippen molar-refractivity contribution in [1.82, 2.24) is 0 Å². The number of hydrogen-bond acceptors (Lipinski definition) is 4. The van der Waals surface area contributed by atoms with E-state index in [1.807, 2.05) is 0 Å². The molecule has 0 spiro atoms. The molecule has 0 rings (SSSR count). The molecule has 0 bridgehead atoms. The van der Waals surface area contributed by atoms with Crippen LogP contribution in [0.5, 0.6) is 0 Å². The summed E-state index contributed by atoms with van der Waals surface area (Å²) in [5.74, 6) is -2.62. The summed E-state index contributed by atoms with van der Waals surface area (Å²) < 4.78 is 4.06. The van der Waals surface area contributed by atoms with Gasteiger partial charge in [0.15, 0.2) is 0 Å². The lowest BCUT2D eigenvalue weighted by Gasteiger charge is -1.95. The molecule has 0 heterocycles.